The number of aliphatic hydroxyl groups is 1. The van der Waals surface area contributed by atoms with Gasteiger partial charge in [0.2, 0.25) is 0 Å². The van der Waals surface area contributed by atoms with Gasteiger partial charge in [0.05, 0.1) is 11.2 Å². The molecule has 0 bridgehead atoms. The largest absolute Gasteiger partial charge is 0.490 e. The van der Waals surface area contributed by atoms with E-state index in [9.17, 15) is 9.90 Å². The Hall–Kier alpha value is -1.35. The molecule has 0 aliphatic rings. The van der Waals surface area contributed by atoms with Crippen molar-refractivity contribution in [2.24, 2.45) is 0 Å². The predicted molar refractivity (Wildman–Crippen MR) is 72.2 cm³/mol. The Labute approximate surface area is 109 Å². The number of hydrogen-bond acceptors (Lipinski definition) is 3. The lowest BCUT2D eigenvalue weighted by Gasteiger charge is -2.25. The Bertz CT molecular complexity index is 420. The van der Waals surface area contributed by atoms with Crippen LogP contribution in [0.15, 0.2) is 18.2 Å². The van der Waals surface area contributed by atoms with Gasteiger partial charge in [-0.05, 0) is 44.4 Å². The lowest BCUT2D eigenvalue weighted by molar-refractivity contribution is -0.0115. The van der Waals surface area contributed by atoms with E-state index in [2.05, 4.69) is 0 Å². The zero-order valence-corrected chi connectivity index (χ0v) is 11.6. The minimum atomic E-state index is -0.822. The summed E-state index contributed by atoms with van der Waals surface area (Å²) in [6.45, 7) is 7.53. The van der Waals surface area contributed by atoms with Gasteiger partial charge in [0, 0.05) is 0 Å². The van der Waals surface area contributed by atoms with Crippen LogP contribution in [0, 0.1) is 6.92 Å². The second kappa shape index (κ2) is 6.01. The number of aryl methyl sites for hydroxylation is 1. The van der Waals surface area contributed by atoms with Crippen molar-refractivity contribution < 1.29 is 14.6 Å². The van der Waals surface area contributed by atoms with E-state index < -0.39 is 5.60 Å². The third-order valence-electron chi connectivity index (χ3n) is 3.33. The van der Waals surface area contributed by atoms with Crippen LogP contribution in [-0.2, 0) is 0 Å². The van der Waals surface area contributed by atoms with Crippen molar-refractivity contribution in [2.75, 3.05) is 6.61 Å². The van der Waals surface area contributed by atoms with Crippen LogP contribution in [0.25, 0.3) is 0 Å². The first kappa shape index (κ1) is 14.7. The van der Waals surface area contributed by atoms with Gasteiger partial charge >= 0.3 is 0 Å². The first-order valence-corrected chi connectivity index (χ1v) is 6.38. The molecular weight excluding hydrogens is 228 g/mol. The van der Waals surface area contributed by atoms with Gasteiger partial charge in [-0.15, -0.1) is 0 Å². The van der Waals surface area contributed by atoms with Crippen molar-refractivity contribution in [3.8, 4) is 5.75 Å². The van der Waals surface area contributed by atoms with Crippen molar-refractivity contribution in [2.45, 2.75) is 46.1 Å². The topological polar surface area (TPSA) is 46.5 Å². The summed E-state index contributed by atoms with van der Waals surface area (Å²) in [6.07, 6.45) is 1.26. The summed E-state index contributed by atoms with van der Waals surface area (Å²) < 4.78 is 5.66. The minimum absolute atomic E-state index is 0.0264. The number of hydrogen-bond donors (Lipinski definition) is 1. The van der Waals surface area contributed by atoms with Gasteiger partial charge in [0.15, 0.2) is 5.78 Å². The highest BCUT2D eigenvalue weighted by atomic mass is 16.5. The summed E-state index contributed by atoms with van der Waals surface area (Å²) in [5.41, 5.74) is 0.777. The second-order valence-electron chi connectivity index (χ2n) is 4.78. The molecule has 0 aromatic heterocycles. The van der Waals surface area contributed by atoms with Crippen LogP contribution in [0.1, 0.15) is 49.5 Å². The molecule has 0 heterocycles. The van der Waals surface area contributed by atoms with Crippen molar-refractivity contribution in [1.29, 1.82) is 0 Å². The van der Waals surface area contributed by atoms with Gasteiger partial charge in [0.25, 0.3) is 0 Å². The van der Waals surface area contributed by atoms with Gasteiger partial charge < -0.3 is 9.84 Å². The molecule has 100 valence electrons. The molecule has 1 aromatic rings. The number of carbonyl (C=O) groups is 1. The molecule has 18 heavy (non-hydrogen) atoms. The molecule has 0 unspecified atom stereocenters. The number of carbonyl (C=O) groups excluding carboxylic acids is 1. The van der Waals surface area contributed by atoms with Crippen LogP contribution < -0.4 is 4.74 Å². The van der Waals surface area contributed by atoms with E-state index in [0.717, 1.165) is 5.56 Å². The van der Waals surface area contributed by atoms with Crippen molar-refractivity contribution in [3.05, 3.63) is 29.3 Å². The molecule has 1 rings (SSSR count). The van der Waals surface area contributed by atoms with E-state index in [-0.39, 0.29) is 12.4 Å². The number of rotatable bonds is 6. The lowest BCUT2D eigenvalue weighted by atomic mass is 9.99. The molecule has 0 fully saturated rings. The highest BCUT2D eigenvalue weighted by Gasteiger charge is 2.23. The lowest BCUT2D eigenvalue weighted by Crippen LogP contribution is -2.34. The third kappa shape index (κ3) is 3.57. The summed E-state index contributed by atoms with van der Waals surface area (Å²) >= 11 is 0. The first-order valence-electron chi connectivity index (χ1n) is 6.38. The molecule has 3 nitrogen and oxygen atoms in total. The van der Waals surface area contributed by atoms with Crippen LogP contribution in [0.5, 0.6) is 5.75 Å². The Balaban J connectivity index is 2.90. The van der Waals surface area contributed by atoms with E-state index in [1.54, 1.807) is 6.07 Å². The van der Waals surface area contributed by atoms with E-state index >= 15 is 0 Å². The maximum Gasteiger partial charge on any atom is 0.163 e. The van der Waals surface area contributed by atoms with Crippen LogP contribution in [0.4, 0.5) is 0 Å². The molecule has 0 aliphatic heterocycles. The van der Waals surface area contributed by atoms with E-state index in [0.29, 0.717) is 24.2 Å². The zero-order valence-electron chi connectivity index (χ0n) is 11.6. The summed E-state index contributed by atoms with van der Waals surface area (Å²) in [5.74, 6) is 0.532. The van der Waals surface area contributed by atoms with Crippen LogP contribution in [-0.4, -0.2) is 23.1 Å². The summed E-state index contributed by atoms with van der Waals surface area (Å²) in [7, 11) is 0. The maximum atomic E-state index is 11.5. The minimum Gasteiger partial charge on any atom is -0.490 e. The summed E-state index contributed by atoms with van der Waals surface area (Å²) in [4.78, 5) is 11.5. The van der Waals surface area contributed by atoms with Gasteiger partial charge in [-0.25, -0.2) is 0 Å². The summed E-state index contributed by atoms with van der Waals surface area (Å²) in [5, 5.41) is 10.2. The standard InChI is InChI=1S/C15H22O3/c1-5-15(17,6-2)10-18-14-9-11(3)7-8-13(14)12(4)16/h7-9,17H,5-6,10H2,1-4H3. The fourth-order valence-electron chi connectivity index (χ4n) is 1.71. The van der Waals surface area contributed by atoms with Gasteiger partial charge in [0.1, 0.15) is 12.4 Å². The third-order valence-corrected chi connectivity index (χ3v) is 3.33. The molecule has 0 spiro atoms. The maximum absolute atomic E-state index is 11.5. The van der Waals surface area contributed by atoms with Crippen molar-refractivity contribution >= 4 is 5.78 Å². The van der Waals surface area contributed by atoms with Gasteiger partial charge in [-0.1, -0.05) is 19.9 Å². The Morgan fingerprint density at radius 1 is 1.33 bits per heavy atom. The molecular formula is C15H22O3. The van der Waals surface area contributed by atoms with E-state index in [1.165, 1.54) is 6.92 Å². The Kier molecular flexibility index (Phi) is 4.91. The van der Waals surface area contributed by atoms with Gasteiger partial charge in [-0.3, -0.25) is 4.79 Å². The normalized spacial score (nSPS) is 11.4. The molecule has 0 aliphatic carbocycles. The van der Waals surface area contributed by atoms with Crippen LogP contribution in [0.3, 0.4) is 0 Å². The molecule has 1 aromatic carbocycles. The Morgan fingerprint density at radius 3 is 2.44 bits per heavy atom. The van der Waals surface area contributed by atoms with Gasteiger partial charge in [-0.2, -0.15) is 0 Å². The Morgan fingerprint density at radius 2 is 1.94 bits per heavy atom. The summed E-state index contributed by atoms with van der Waals surface area (Å²) in [6, 6.07) is 5.49. The van der Waals surface area contributed by atoms with E-state index in [4.69, 9.17) is 4.74 Å². The molecule has 0 saturated carbocycles. The van der Waals surface area contributed by atoms with Crippen LogP contribution >= 0.6 is 0 Å². The smallest absolute Gasteiger partial charge is 0.163 e. The number of Topliss-reactive ketones (excluding diaryl/α,β-unsaturated/α-hetero) is 1. The SMILES string of the molecule is CCC(O)(CC)COc1cc(C)ccc1C(C)=O. The number of benzene rings is 1. The molecule has 0 saturated heterocycles. The van der Waals surface area contributed by atoms with Crippen molar-refractivity contribution in [1.82, 2.24) is 0 Å². The highest BCUT2D eigenvalue weighted by Crippen LogP contribution is 2.23. The molecule has 0 radical (unpaired) electrons. The highest BCUT2D eigenvalue weighted by molar-refractivity contribution is 5.96. The number of ketones is 1. The molecule has 3 heteroatoms. The molecule has 0 atom stereocenters. The fourth-order valence-corrected chi connectivity index (χ4v) is 1.71. The second-order valence-corrected chi connectivity index (χ2v) is 4.78. The molecule has 0 amide bonds. The average Bonchev–Trinajstić information content (AvgIpc) is 2.35. The number of ether oxygens (including phenoxy) is 1. The van der Waals surface area contributed by atoms with Crippen LogP contribution in [0.2, 0.25) is 0 Å². The predicted octanol–water partition coefficient (Wildman–Crippen LogP) is 3.13. The first-order chi connectivity index (χ1) is 8.41. The zero-order chi connectivity index (χ0) is 13.8. The monoisotopic (exact) mass is 250 g/mol. The fraction of sp³-hybridized carbons (Fsp3) is 0.533. The quantitative estimate of drug-likeness (QED) is 0.789. The van der Waals surface area contributed by atoms with E-state index in [1.807, 2.05) is 32.9 Å². The van der Waals surface area contributed by atoms with Crippen molar-refractivity contribution in [3.63, 3.8) is 0 Å². The molecule has 1 N–H and O–H groups in total. The average molecular weight is 250 g/mol.